The van der Waals surface area contributed by atoms with Crippen LogP contribution in [0, 0.1) is 5.41 Å². The Morgan fingerprint density at radius 2 is 1.81 bits per heavy atom. The van der Waals surface area contributed by atoms with Gasteiger partial charge in [-0.25, -0.2) is 0 Å². The molecule has 1 aromatic carbocycles. The molecule has 0 saturated carbocycles. The number of anilines is 1. The largest absolute Gasteiger partial charge is 0.326 e. The van der Waals surface area contributed by atoms with Crippen molar-refractivity contribution in [3.05, 3.63) is 29.8 Å². The number of rotatable bonds is 5. The molecule has 0 fully saturated rings. The number of carbonyl (C=O) groups excluding carboxylic acids is 1. The topological polar surface area (TPSA) is 46.2 Å². The standard InChI is InChI=1S/C17H27NO2S/c1-7-17(5,6)15(19)18-14-10-8-9-13(11-14)12-21(20)16(2,3)4/h8-11H,7,12H2,1-6H3,(H,18,19)/t21-/m1/s1. The van der Waals surface area contributed by atoms with Crippen LogP contribution < -0.4 is 5.32 Å². The van der Waals surface area contributed by atoms with Gasteiger partial charge in [-0.05, 0) is 44.9 Å². The molecule has 0 aromatic heterocycles. The number of carbonyl (C=O) groups is 1. The van der Waals surface area contributed by atoms with Gasteiger partial charge in [-0.1, -0.05) is 32.9 Å². The van der Waals surface area contributed by atoms with E-state index in [1.165, 1.54) is 0 Å². The van der Waals surface area contributed by atoms with Crippen molar-refractivity contribution in [2.45, 2.75) is 58.5 Å². The predicted molar refractivity (Wildman–Crippen MR) is 90.7 cm³/mol. The molecule has 3 nitrogen and oxygen atoms in total. The molecule has 0 saturated heterocycles. The summed E-state index contributed by atoms with van der Waals surface area (Å²) >= 11 is 0. The van der Waals surface area contributed by atoms with Crippen molar-refractivity contribution in [2.75, 3.05) is 5.32 Å². The van der Waals surface area contributed by atoms with E-state index in [1.54, 1.807) is 0 Å². The second kappa shape index (κ2) is 6.73. The van der Waals surface area contributed by atoms with Crippen molar-refractivity contribution in [1.82, 2.24) is 0 Å². The summed E-state index contributed by atoms with van der Waals surface area (Å²) in [6.07, 6.45) is 0.784. The van der Waals surface area contributed by atoms with Gasteiger partial charge in [-0.2, -0.15) is 0 Å². The zero-order valence-corrected chi connectivity index (χ0v) is 14.8. The van der Waals surface area contributed by atoms with Crippen LogP contribution in [0.25, 0.3) is 0 Å². The molecule has 0 radical (unpaired) electrons. The third kappa shape index (κ3) is 5.27. The van der Waals surface area contributed by atoms with E-state index in [1.807, 2.05) is 65.8 Å². The number of nitrogens with one attached hydrogen (secondary N) is 1. The van der Waals surface area contributed by atoms with Crippen LogP contribution in [-0.2, 0) is 21.3 Å². The Labute approximate surface area is 131 Å². The lowest BCUT2D eigenvalue weighted by atomic mass is 9.89. The molecule has 1 N–H and O–H groups in total. The Morgan fingerprint density at radius 3 is 2.33 bits per heavy atom. The molecule has 0 heterocycles. The molecule has 1 atom stereocenters. The predicted octanol–water partition coefficient (Wildman–Crippen LogP) is 4.11. The molecule has 21 heavy (non-hydrogen) atoms. The SMILES string of the molecule is CCC(C)(C)C(=O)Nc1cccc(C[S@@](=O)C(C)(C)C)c1. The van der Waals surface area contributed by atoms with Crippen LogP contribution in [0.15, 0.2) is 24.3 Å². The van der Waals surface area contributed by atoms with Crippen molar-refractivity contribution in [1.29, 1.82) is 0 Å². The first-order valence-corrected chi connectivity index (χ1v) is 8.67. The molecule has 0 spiro atoms. The molecule has 1 aromatic rings. The van der Waals surface area contributed by atoms with Gasteiger partial charge in [-0.15, -0.1) is 0 Å². The first kappa shape index (κ1) is 17.9. The molecule has 0 aliphatic carbocycles. The second-order valence-corrected chi connectivity index (χ2v) is 9.20. The molecule has 1 amide bonds. The first-order chi connectivity index (χ1) is 9.56. The van der Waals surface area contributed by atoms with E-state index in [2.05, 4.69) is 5.32 Å². The van der Waals surface area contributed by atoms with Crippen LogP contribution >= 0.6 is 0 Å². The maximum absolute atomic E-state index is 12.2. The second-order valence-electron chi connectivity index (χ2n) is 6.99. The summed E-state index contributed by atoms with van der Waals surface area (Å²) in [6.45, 7) is 11.8. The van der Waals surface area contributed by atoms with Crippen LogP contribution in [0.2, 0.25) is 0 Å². The molecule has 0 aliphatic heterocycles. The Morgan fingerprint density at radius 1 is 1.19 bits per heavy atom. The van der Waals surface area contributed by atoms with E-state index in [9.17, 15) is 9.00 Å². The average Bonchev–Trinajstić information content (AvgIpc) is 2.37. The molecule has 0 bridgehead atoms. The van der Waals surface area contributed by atoms with Crippen molar-refractivity contribution < 1.29 is 9.00 Å². The van der Waals surface area contributed by atoms with Crippen LogP contribution in [0.3, 0.4) is 0 Å². The summed E-state index contributed by atoms with van der Waals surface area (Å²) in [4.78, 5) is 12.2. The zero-order chi connectivity index (χ0) is 16.3. The van der Waals surface area contributed by atoms with Gasteiger partial charge in [0.15, 0.2) is 0 Å². The Balaban J connectivity index is 2.82. The summed E-state index contributed by atoms with van der Waals surface area (Å²) in [7, 11) is -0.941. The maximum atomic E-state index is 12.2. The summed E-state index contributed by atoms with van der Waals surface area (Å²) in [5, 5.41) is 2.95. The van der Waals surface area contributed by atoms with Gasteiger partial charge >= 0.3 is 0 Å². The van der Waals surface area contributed by atoms with Crippen LogP contribution in [-0.4, -0.2) is 14.9 Å². The Kier molecular flexibility index (Phi) is 5.74. The van der Waals surface area contributed by atoms with Gasteiger partial charge in [0.25, 0.3) is 0 Å². The number of amides is 1. The van der Waals surface area contributed by atoms with E-state index in [0.29, 0.717) is 5.75 Å². The van der Waals surface area contributed by atoms with Gasteiger partial charge in [0.1, 0.15) is 0 Å². The maximum Gasteiger partial charge on any atom is 0.230 e. The van der Waals surface area contributed by atoms with E-state index in [0.717, 1.165) is 17.7 Å². The van der Waals surface area contributed by atoms with Crippen LogP contribution in [0.4, 0.5) is 5.69 Å². The zero-order valence-electron chi connectivity index (χ0n) is 13.9. The highest BCUT2D eigenvalue weighted by atomic mass is 32.2. The molecular weight excluding hydrogens is 282 g/mol. The van der Waals surface area contributed by atoms with Gasteiger partial charge in [-0.3, -0.25) is 9.00 Å². The highest BCUT2D eigenvalue weighted by Gasteiger charge is 2.25. The molecular formula is C17H27NO2S. The van der Waals surface area contributed by atoms with Crippen LogP contribution in [0.1, 0.15) is 53.5 Å². The Bertz CT molecular complexity index is 530. The smallest absolute Gasteiger partial charge is 0.230 e. The fraction of sp³-hybridized carbons (Fsp3) is 0.588. The number of benzene rings is 1. The van der Waals surface area contributed by atoms with E-state index < -0.39 is 10.8 Å². The third-order valence-electron chi connectivity index (χ3n) is 3.66. The van der Waals surface area contributed by atoms with Gasteiger partial charge in [0.2, 0.25) is 5.91 Å². The van der Waals surface area contributed by atoms with Crippen molar-refractivity contribution in [3.63, 3.8) is 0 Å². The summed E-state index contributed by atoms with van der Waals surface area (Å²) < 4.78 is 12.0. The van der Waals surface area contributed by atoms with Gasteiger partial charge in [0.05, 0.1) is 0 Å². The minimum Gasteiger partial charge on any atom is -0.326 e. The summed E-state index contributed by atoms with van der Waals surface area (Å²) in [5.41, 5.74) is 1.37. The highest BCUT2D eigenvalue weighted by Crippen LogP contribution is 2.23. The monoisotopic (exact) mass is 309 g/mol. The van der Waals surface area contributed by atoms with Crippen LogP contribution in [0.5, 0.6) is 0 Å². The number of hydrogen-bond acceptors (Lipinski definition) is 2. The first-order valence-electron chi connectivity index (χ1n) is 7.35. The van der Waals surface area contributed by atoms with Crippen molar-refractivity contribution in [2.24, 2.45) is 5.41 Å². The lowest BCUT2D eigenvalue weighted by Gasteiger charge is -2.22. The lowest BCUT2D eigenvalue weighted by molar-refractivity contribution is -0.124. The fourth-order valence-electron chi connectivity index (χ4n) is 1.57. The van der Waals surface area contributed by atoms with Crippen molar-refractivity contribution in [3.8, 4) is 0 Å². The molecule has 4 heteroatoms. The molecule has 1 rings (SSSR count). The average molecular weight is 309 g/mol. The molecule has 0 aliphatic rings. The van der Waals surface area contributed by atoms with E-state index in [4.69, 9.17) is 0 Å². The molecule has 0 unspecified atom stereocenters. The molecule has 118 valence electrons. The van der Waals surface area contributed by atoms with Gasteiger partial charge in [0, 0.05) is 32.4 Å². The third-order valence-corrected chi connectivity index (χ3v) is 5.63. The van der Waals surface area contributed by atoms with Gasteiger partial charge < -0.3 is 5.32 Å². The van der Waals surface area contributed by atoms with E-state index >= 15 is 0 Å². The van der Waals surface area contributed by atoms with Crippen molar-refractivity contribution >= 4 is 22.4 Å². The summed E-state index contributed by atoms with van der Waals surface area (Å²) in [6, 6.07) is 7.62. The van der Waals surface area contributed by atoms with E-state index in [-0.39, 0.29) is 16.1 Å². The minimum absolute atomic E-state index is 0.0130. The minimum atomic E-state index is -0.941. The number of hydrogen-bond donors (Lipinski definition) is 1. The highest BCUT2D eigenvalue weighted by molar-refractivity contribution is 7.85. The fourth-order valence-corrected chi connectivity index (χ4v) is 2.48. The quantitative estimate of drug-likeness (QED) is 0.889. The Hall–Kier alpha value is -1.16. The summed E-state index contributed by atoms with van der Waals surface area (Å²) in [5.74, 6) is 0.517. The lowest BCUT2D eigenvalue weighted by Crippen LogP contribution is -2.30. The normalized spacial score (nSPS) is 13.8.